The van der Waals surface area contributed by atoms with E-state index in [-0.39, 0.29) is 5.91 Å². The van der Waals surface area contributed by atoms with Crippen molar-refractivity contribution in [1.29, 1.82) is 0 Å². The molecular formula is C17H20N2OS. The van der Waals surface area contributed by atoms with E-state index >= 15 is 0 Å². The number of carbonyl (C=O) groups is 1. The fourth-order valence-electron chi connectivity index (χ4n) is 2.76. The summed E-state index contributed by atoms with van der Waals surface area (Å²) in [6.07, 6.45) is 1.10. The lowest BCUT2D eigenvalue weighted by molar-refractivity contribution is 0.0933. The van der Waals surface area contributed by atoms with Crippen molar-refractivity contribution in [3.8, 4) is 0 Å². The quantitative estimate of drug-likeness (QED) is 0.941. The first-order valence-corrected chi connectivity index (χ1v) is 8.29. The van der Waals surface area contributed by atoms with Gasteiger partial charge in [-0.1, -0.05) is 24.3 Å². The number of rotatable bonds is 4. The summed E-state index contributed by atoms with van der Waals surface area (Å²) in [5.74, 6) is 0.0282. The minimum atomic E-state index is 0.0282. The largest absolute Gasteiger partial charge is 0.350 e. The molecule has 1 aliphatic rings. The van der Waals surface area contributed by atoms with Crippen molar-refractivity contribution in [1.82, 2.24) is 10.2 Å². The fourth-order valence-corrected chi connectivity index (χ4v) is 3.39. The molecule has 0 fully saturated rings. The van der Waals surface area contributed by atoms with Crippen molar-refractivity contribution in [2.24, 2.45) is 0 Å². The monoisotopic (exact) mass is 300 g/mol. The van der Waals surface area contributed by atoms with E-state index in [0.29, 0.717) is 12.6 Å². The highest BCUT2D eigenvalue weighted by molar-refractivity contribution is 7.08. The molecule has 1 aromatic carbocycles. The van der Waals surface area contributed by atoms with Crippen LogP contribution in [0.1, 0.15) is 28.4 Å². The van der Waals surface area contributed by atoms with E-state index in [4.69, 9.17) is 0 Å². The Morgan fingerprint density at radius 1 is 1.33 bits per heavy atom. The van der Waals surface area contributed by atoms with Crippen LogP contribution in [0.4, 0.5) is 0 Å². The summed E-state index contributed by atoms with van der Waals surface area (Å²) in [6.45, 7) is 4.91. The Bertz CT molecular complexity index is 609. The Kier molecular flexibility index (Phi) is 4.36. The lowest BCUT2D eigenvalue weighted by atomic mass is 9.99. The Morgan fingerprint density at radius 2 is 2.14 bits per heavy atom. The van der Waals surface area contributed by atoms with E-state index in [9.17, 15) is 4.79 Å². The summed E-state index contributed by atoms with van der Waals surface area (Å²) >= 11 is 1.55. The van der Waals surface area contributed by atoms with E-state index in [2.05, 4.69) is 41.4 Å². The van der Waals surface area contributed by atoms with Gasteiger partial charge in [-0.05, 0) is 35.9 Å². The van der Waals surface area contributed by atoms with Crippen LogP contribution in [0.25, 0.3) is 0 Å². The maximum atomic E-state index is 12.0. The van der Waals surface area contributed by atoms with Crippen molar-refractivity contribution >= 4 is 17.2 Å². The molecule has 0 unspecified atom stereocenters. The average Bonchev–Trinajstić information content (AvgIpc) is 3.06. The summed E-state index contributed by atoms with van der Waals surface area (Å²) in [5.41, 5.74) is 3.64. The second-order valence-corrected chi connectivity index (χ2v) is 6.34. The SMILES string of the molecule is C[C@@H](CNC(=O)c1ccsc1)N1CCc2ccccc2C1. The van der Waals surface area contributed by atoms with Gasteiger partial charge in [-0.25, -0.2) is 0 Å². The molecule has 2 heterocycles. The van der Waals surface area contributed by atoms with E-state index < -0.39 is 0 Å². The molecule has 1 aliphatic heterocycles. The van der Waals surface area contributed by atoms with Crippen molar-refractivity contribution in [3.63, 3.8) is 0 Å². The van der Waals surface area contributed by atoms with E-state index in [0.717, 1.165) is 25.1 Å². The summed E-state index contributed by atoms with van der Waals surface area (Å²) in [5, 5.41) is 6.85. The standard InChI is InChI=1S/C17H20N2OS/c1-13(10-18-17(20)16-7-9-21-12-16)19-8-6-14-4-2-3-5-15(14)11-19/h2-5,7,9,12-13H,6,8,10-11H2,1H3,(H,18,20)/t13-/m0/s1. The van der Waals surface area contributed by atoms with Gasteiger partial charge in [0.1, 0.15) is 0 Å². The van der Waals surface area contributed by atoms with E-state index in [1.54, 1.807) is 11.3 Å². The van der Waals surface area contributed by atoms with Crippen molar-refractivity contribution in [2.75, 3.05) is 13.1 Å². The molecule has 0 bridgehead atoms. The molecule has 0 saturated carbocycles. The molecule has 2 aromatic rings. The molecule has 1 N–H and O–H groups in total. The summed E-state index contributed by atoms with van der Waals surface area (Å²) in [7, 11) is 0. The third kappa shape index (κ3) is 3.34. The molecular weight excluding hydrogens is 280 g/mol. The van der Waals surface area contributed by atoms with Crippen LogP contribution in [0.15, 0.2) is 41.1 Å². The molecule has 3 rings (SSSR count). The zero-order chi connectivity index (χ0) is 14.7. The second-order valence-electron chi connectivity index (χ2n) is 5.56. The summed E-state index contributed by atoms with van der Waals surface area (Å²) < 4.78 is 0. The van der Waals surface area contributed by atoms with Crippen LogP contribution in [0.3, 0.4) is 0 Å². The van der Waals surface area contributed by atoms with Gasteiger partial charge >= 0.3 is 0 Å². The van der Waals surface area contributed by atoms with E-state index in [1.165, 1.54) is 11.1 Å². The molecule has 110 valence electrons. The molecule has 21 heavy (non-hydrogen) atoms. The van der Waals surface area contributed by atoms with Crippen LogP contribution in [-0.2, 0) is 13.0 Å². The minimum Gasteiger partial charge on any atom is -0.350 e. The van der Waals surface area contributed by atoms with Crippen LogP contribution in [-0.4, -0.2) is 29.9 Å². The Labute approximate surface area is 129 Å². The average molecular weight is 300 g/mol. The molecule has 1 amide bonds. The number of carbonyl (C=O) groups excluding carboxylic acids is 1. The summed E-state index contributed by atoms with van der Waals surface area (Å²) in [6, 6.07) is 10.8. The Balaban J connectivity index is 1.55. The van der Waals surface area contributed by atoms with E-state index in [1.807, 2.05) is 16.8 Å². The smallest absolute Gasteiger partial charge is 0.252 e. The fraction of sp³-hybridized carbons (Fsp3) is 0.353. The predicted molar refractivity (Wildman–Crippen MR) is 86.7 cm³/mol. The molecule has 4 heteroatoms. The maximum Gasteiger partial charge on any atom is 0.252 e. The van der Waals surface area contributed by atoms with Gasteiger partial charge in [0.25, 0.3) is 5.91 Å². The van der Waals surface area contributed by atoms with Gasteiger partial charge in [-0.3, -0.25) is 9.69 Å². The first kappa shape index (κ1) is 14.3. The van der Waals surface area contributed by atoms with Crippen LogP contribution in [0.5, 0.6) is 0 Å². The maximum absolute atomic E-state index is 12.0. The third-order valence-electron chi connectivity index (χ3n) is 4.12. The molecule has 0 radical (unpaired) electrons. The van der Waals surface area contributed by atoms with Crippen LogP contribution >= 0.6 is 11.3 Å². The van der Waals surface area contributed by atoms with Crippen LogP contribution in [0, 0.1) is 0 Å². The van der Waals surface area contributed by atoms with Gasteiger partial charge in [0.15, 0.2) is 0 Å². The number of hydrogen-bond acceptors (Lipinski definition) is 3. The number of amides is 1. The van der Waals surface area contributed by atoms with Gasteiger partial charge < -0.3 is 5.32 Å². The molecule has 0 spiro atoms. The minimum absolute atomic E-state index is 0.0282. The highest BCUT2D eigenvalue weighted by Gasteiger charge is 2.20. The molecule has 1 aromatic heterocycles. The Morgan fingerprint density at radius 3 is 2.90 bits per heavy atom. The first-order valence-electron chi connectivity index (χ1n) is 7.35. The topological polar surface area (TPSA) is 32.3 Å². The number of fused-ring (bicyclic) bond motifs is 1. The first-order chi connectivity index (χ1) is 10.2. The summed E-state index contributed by atoms with van der Waals surface area (Å²) in [4.78, 5) is 14.4. The number of thiophene rings is 1. The number of nitrogens with zero attached hydrogens (tertiary/aromatic N) is 1. The number of benzene rings is 1. The van der Waals surface area contributed by atoms with Gasteiger partial charge in [-0.15, -0.1) is 0 Å². The number of nitrogens with one attached hydrogen (secondary N) is 1. The van der Waals surface area contributed by atoms with Crippen LogP contribution in [0.2, 0.25) is 0 Å². The zero-order valence-corrected chi connectivity index (χ0v) is 13.0. The molecule has 3 nitrogen and oxygen atoms in total. The Hall–Kier alpha value is -1.65. The van der Waals surface area contributed by atoms with Gasteiger partial charge in [0.2, 0.25) is 0 Å². The van der Waals surface area contributed by atoms with Crippen molar-refractivity contribution < 1.29 is 4.79 Å². The lowest BCUT2D eigenvalue weighted by Gasteiger charge is -2.33. The normalized spacial score (nSPS) is 16.2. The van der Waals surface area contributed by atoms with Gasteiger partial charge in [-0.2, -0.15) is 11.3 Å². The van der Waals surface area contributed by atoms with Crippen molar-refractivity contribution in [2.45, 2.75) is 25.9 Å². The lowest BCUT2D eigenvalue weighted by Crippen LogP contribution is -2.44. The second kappa shape index (κ2) is 6.41. The number of hydrogen-bond donors (Lipinski definition) is 1. The molecule has 0 aliphatic carbocycles. The van der Waals surface area contributed by atoms with Gasteiger partial charge in [0.05, 0.1) is 0 Å². The molecule has 0 saturated heterocycles. The zero-order valence-electron chi connectivity index (χ0n) is 12.2. The third-order valence-corrected chi connectivity index (χ3v) is 4.81. The van der Waals surface area contributed by atoms with Gasteiger partial charge in [0, 0.05) is 36.6 Å². The highest BCUT2D eigenvalue weighted by atomic mass is 32.1. The predicted octanol–water partition coefficient (Wildman–Crippen LogP) is 2.92. The van der Waals surface area contributed by atoms with Crippen molar-refractivity contribution in [3.05, 3.63) is 57.8 Å². The van der Waals surface area contributed by atoms with Crippen LogP contribution < -0.4 is 5.32 Å². The highest BCUT2D eigenvalue weighted by Crippen LogP contribution is 2.20. The molecule has 1 atom stereocenters.